The molecular formula is C10H15F3N2S. The molecule has 0 aliphatic carbocycles. The van der Waals surface area contributed by atoms with Crippen LogP contribution in [-0.4, -0.2) is 17.7 Å². The minimum atomic E-state index is -4.18. The van der Waals surface area contributed by atoms with Gasteiger partial charge in [-0.3, -0.25) is 0 Å². The monoisotopic (exact) mass is 252 g/mol. The number of alkyl halides is 3. The summed E-state index contributed by atoms with van der Waals surface area (Å²) in [5, 5.41) is 1.81. The number of thiazole rings is 1. The number of nitrogens with two attached hydrogens (primary N) is 1. The molecule has 1 aromatic heterocycles. The lowest BCUT2D eigenvalue weighted by Crippen LogP contribution is -2.14. The standard InChI is InChI=1S/C10H15F3N2S/c1-2-3-7(5-14)8-6-16-9(15-8)4-10(11,12)13/h6-7H,2-5,14H2,1H3. The molecule has 0 saturated carbocycles. The smallest absolute Gasteiger partial charge is 0.330 e. The van der Waals surface area contributed by atoms with E-state index in [1.807, 2.05) is 6.92 Å². The number of halogens is 3. The quantitative estimate of drug-likeness (QED) is 0.874. The van der Waals surface area contributed by atoms with E-state index in [9.17, 15) is 13.2 Å². The van der Waals surface area contributed by atoms with Gasteiger partial charge in [0, 0.05) is 17.8 Å². The van der Waals surface area contributed by atoms with E-state index in [2.05, 4.69) is 4.98 Å². The molecule has 0 amide bonds. The number of hydrogen-bond donors (Lipinski definition) is 1. The zero-order valence-corrected chi connectivity index (χ0v) is 9.87. The Balaban J connectivity index is 2.69. The fraction of sp³-hybridized carbons (Fsp3) is 0.700. The van der Waals surface area contributed by atoms with E-state index >= 15 is 0 Å². The van der Waals surface area contributed by atoms with Gasteiger partial charge in [0.25, 0.3) is 0 Å². The van der Waals surface area contributed by atoms with Crippen LogP contribution in [0, 0.1) is 0 Å². The molecule has 0 aromatic carbocycles. The zero-order chi connectivity index (χ0) is 12.2. The van der Waals surface area contributed by atoms with Crippen LogP contribution in [-0.2, 0) is 6.42 Å². The molecule has 2 N–H and O–H groups in total. The molecule has 16 heavy (non-hydrogen) atoms. The van der Waals surface area contributed by atoms with Crippen molar-refractivity contribution in [1.29, 1.82) is 0 Å². The molecule has 0 spiro atoms. The molecule has 0 radical (unpaired) electrons. The first-order chi connectivity index (χ1) is 7.46. The third kappa shape index (κ3) is 4.09. The molecule has 92 valence electrons. The maximum absolute atomic E-state index is 12.1. The summed E-state index contributed by atoms with van der Waals surface area (Å²) in [6, 6.07) is 0. The average Bonchev–Trinajstić information content (AvgIpc) is 2.59. The molecular weight excluding hydrogens is 237 g/mol. The minimum absolute atomic E-state index is 0.0863. The van der Waals surface area contributed by atoms with Crippen molar-refractivity contribution in [1.82, 2.24) is 4.98 Å². The van der Waals surface area contributed by atoms with Crippen molar-refractivity contribution >= 4 is 11.3 Å². The van der Waals surface area contributed by atoms with Crippen molar-refractivity contribution in [3.8, 4) is 0 Å². The molecule has 1 heterocycles. The van der Waals surface area contributed by atoms with Gasteiger partial charge >= 0.3 is 6.18 Å². The number of aromatic nitrogens is 1. The molecule has 1 rings (SSSR count). The Hall–Kier alpha value is -0.620. The third-order valence-corrected chi connectivity index (χ3v) is 3.13. The van der Waals surface area contributed by atoms with Gasteiger partial charge in [-0.1, -0.05) is 13.3 Å². The van der Waals surface area contributed by atoms with Crippen LogP contribution in [0.25, 0.3) is 0 Å². The predicted octanol–water partition coefficient (Wildman–Crippen LogP) is 3.09. The largest absolute Gasteiger partial charge is 0.395 e. The highest BCUT2D eigenvalue weighted by molar-refractivity contribution is 7.09. The SMILES string of the molecule is CCCC(CN)c1csc(CC(F)(F)F)n1. The summed E-state index contributed by atoms with van der Waals surface area (Å²) in [6.07, 6.45) is -3.31. The van der Waals surface area contributed by atoms with Crippen molar-refractivity contribution in [2.75, 3.05) is 6.54 Å². The summed E-state index contributed by atoms with van der Waals surface area (Å²) < 4.78 is 36.4. The fourth-order valence-electron chi connectivity index (χ4n) is 1.50. The minimum Gasteiger partial charge on any atom is -0.330 e. The van der Waals surface area contributed by atoms with Crippen LogP contribution >= 0.6 is 11.3 Å². The Morgan fingerprint density at radius 3 is 2.69 bits per heavy atom. The second-order valence-electron chi connectivity index (χ2n) is 3.68. The lowest BCUT2D eigenvalue weighted by atomic mass is 10.0. The number of nitrogens with zero attached hydrogens (tertiary/aromatic N) is 1. The van der Waals surface area contributed by atoms with Crippen molar-refractivity contribution in [3.05, 3.63) is 16.1 Å². The highest BCUT2D eigenvalue weighted by Gasteiger charge is 2.29. The predicted molar refractivity (Wildman–Crippen MR) is 58.6 cm³/mol. The van der Waals surface area contributed by atoms with Crippen molar-refractivity contribution in [3.63, 3.8) is 0 Å². The van der Waals surface area contributed by atoms with Gasteiger partial charge in [-0.25, -0.2) is 4.98 Å². The maximum Gasteiger partial charge on any atom is 0.395 e. The van der Waals surface area contributed by atoms with Gasteiger partial charge < -0.3 is 5.73 Å². The molecule has 2 nitrogen and oxygen atoms in total. The average molecular weight is 252 g/mol. The fourth-order valence-corrected chi connectivity index (χ4v) is 2.41. The van der Waals surface area contributed by atoms with E-state index in [0.717, 1.165) is 24.2 Å². The Morgan fingerprint density at radius 2 is 2.19 bits per heavy atom. The highest BCUT2D eigenvalue weighted by Crippen LogP contribution is 2.27. The normalized spacial score (nSPS) is 14.1. The summed E-state index contributed by atoms with van der Waals surface area (Å²) in [7, 11) is 0. The molecule has 1 aromatic rings. The molecule has 0 aliphatic heterocycles. The van der Waals surface area contributed by atoms with Gasteiger partial charge in [0.15, 0.2) is 0 Å². The van der Waals surface area contributed by atoms with E-state index in [1.165, 1.54) is 0 Å². The van der Waals surface area contributed by atoms with Crippen molar-refractivity contribution in [2.24, 2.45) is 5.73 Å². The Bertz CT molecular complexity index is 322. The maximum atomic E-state index is 12.1. The van der Waals surface area contributed by atoms with E-state index in [4.69, 9.17) is 5.73 Å². The first kappa shape index (κ1) is 13.4. The Morgan fingerprint density at radius 1 is 1.50 bits per heavy atom. The second-order valence-corrected chi connectivity index (χ2v) is 4.62. The van der Waals surface area contributed by atoms with Crippen molar-refractivity contribution < 1.29 is 13.2 Å². The molecule has 6 heteroatoms. The van der Waals surface area contributed by atoms with Crippen LogP contribution in [0.5, 0.6) is 0 Å². The van der Waals surface area contributed by atoms with Crippen LogP contribution < -0.4 is 5.73 Å². The molecule has 0 saturated heterocycles. The second kappa shape index (κ2) is 5.63. The molecule has 0 aliphatic rings. The van der Waals surface area contributed by atoms with Crippen LogP contribution in [0.1, 0.15) is 36.4 Å². The van der Waals surface area contributed by atoms with E-state index in [-0.39, 0.29) is 10.9 Å². The van der Waals surface area contributed by atoms with Crippen molar-refractivity contribution in [2.45, 2.75) is 38.3 Å². The van der Waals surface area contributed by atoms with Gasteiger partial charge in [-0.05, 0) is 6.42 Å². The number of rotatable bonds is 5. The first-order valence-corrected chi connectivity index (χ1v) is 6.05. The first-order valence-electron chi connectivity index (χ1n) is 5.17. The highest BCUT2D eigenvalue weighted by atomic mass is 32.1. The summed E-state index contributed by atoms with van der Waals surface area (Å²) in [4.78, 5) is 4.00. The summed E-state index contributed by atoms with van der Waals surface area (Å²) in [5.74, 6) is 0.0863. The third-order valence-electron chi connectivity index (χ3n) is 2.26. The van der Waals surface area contributed by atoms with Crippen LogP contribution in [0.15, 0.2) is 5.38 Å². The van der Waals surface area contributed by atoms with E-state index in [0.29, 0.717) is 12.2 Å². The number of hydrogen-bond acceptors (Lipinski definition) is 3. The lowest BCUT2D eigenvalue weighted by Gasteiger charge is -2.10. The van der Waals surface area contributed by atoms with Gasteiger partial charge in [0.05, 0.1) is 12.1 Å². The van der Waals surface area contributed by atoms with Crippen LogP contribution in [0.2, 0.25) is 0 Å². The summed E-state index contributed by atoms with van der Waals surface area (Å²) in [5.41, 5.74) is 6.27. The summed E-state index contributed by atoms with van der Waals surface area (Å²) >= 11 is 1.06. The van der Waals surface area contributed by atoms with E-state index in [1.54, 1.807) is 5.38 Å². The van der Waals surface area contributed by atoms with E-state index < -0.39 is 12.6 Å². The van der Waals surface area contributed by atoms with Crippen LogP contribution in [0.4, 0.5) is 13.2 Å². The topological polar surface area (TPSA) is 38.9 Å². The molecule has 0 bridgehead atoms. The Labute approximate surface area is 96.7 Å². The molecule has 0 fully saturated rings. The summed E-state index contributed by atoms with van der Waals surface area (Å²) in [6.45, 7) is 2.45. The van der Waals surface area contributed by atoms with Gasteiger partial charge in [-0.15, -0.1) is 11.3 Å². The lowest BCUT2D eigenvalue weighted by molar-refractivity contribution is -0.127. The Kier molecular flexibility index (Phi) is 4.73. The van der Waals surface area contributed by atoms with Crippen LogP contribution in [0.3, 0.4) is 0 Å². The van der Waals surface area contributed by atoms with Gasteiger partial charge in [0.2, 0.25) is 0 Å². The molecule has 1 unspecified atom stereocenters. The zero-order valence-electron chi connectivity index (χ0n) is 9.05. The van der Waals surface area contributed by atoms with Gasteiger partial charge in [-0.2, -0.15) is 13.2 Å². The molecule has 1 atom stereocenters. The van der Waals surface area contributed by atoms with Gasteiger partial charge in [0.1, 0.15) is 5.01 Å².